The van der Waals surface area contributed by atoms with Crippen LogP contribution < -0.4 is 10.1 Å². The molecule has 2 aromatic rings. The quantitative estimate of drug-likeness (QED) is 0.864. The standard InChI is InChI=1S/C15H14F3NO/c1-10(11-4-2-5-12(16)8-11)19-13-6-3-7-14(9-13)20-15(17)18/h2-10,15,19H,1H3. The molecule has 0 amide bonds. The van der Waals surface area contributed by atoms with E-state index in [1.165, 1.54) is 24.3 Å². The lowest BCUT2D eigenvalue weighted by molar-refractivity contribution is -0.0498. The van der Waals surface area contributed by atoms with Crippen molar-refractivity contribution in [2.45, 2.75) is 19.6 Å². The van der Waals surface area contributed by atoms with Crippen LogP contribution in [-0.2, 0) is 0 Å². The van der Waals surface area contributed by atoms with Crippen LogP contribution in [0.25, 0.3) is 0 Å². The highest BCUT2D eigenvalue weighted by atomic mass is 19.3. The molecule has 0 heterocycles. The molecule has 0 saturated carbocycles. The third-order valence-corrected chi connectivity index (χ3v) is 2.79. The van der Waals surface area contributed by atoms with E-state index in [0.29, 0.717) is 5.69 Å². The molecule has 0 fully saturated rings. The number of nitrogens with one attached hydrogen (secondary N) is 1. The van der Waals surface area contributed by atoms with Gasteiger partial charge in [0, 0.05) is 17.8 Å². The molecule has 20 heavy (non-hydrogen) atoms. The third kappa shape index (κ3) is 3.91. The molecular formula is C15H14F3NO. The van der Waals surface area contributed by atoms with Gasteiger partial charge < -0.3 is 10.1 Å². The number of anilines is 1. The number of benzene rings is 2. The minimum absolute atomic E-state index is 0.0800. The highest BCUT2D eigenvalue weighted by Crippen LogP contribution is 2.24. The predicted molar refractivity (Wildman–Crippen MR) is 71.5 cm³/mol. The van der Waals surface area contributed by atoms with Crippen LogP contribution in [0.4, 0.5) is 18.9 Å². The number of halogens is 3. The summed E-state index contributed by atoms with van der Waals surface area (Å²) in [5.41, 5.74) is 1.39. The van der Waals surface area contributed by atoms with Gasteiger partial charge in [0.1, 0.15) is 11.6 Å². The molecule has 0 bridgehead atoms. The van der Waals surface area contributed by atoms with Crippen molar-refractivity contribution in [3.63, 3.8) is 0 Å². The van der Waals surface area contributed by atoms with Gasteiger partial charge in [-0.05, 0) is 36.8 Å². The normalized spacial score (nSPS) is 12.2. The van der Waals surface area contributed by atoms with Gasteiger partial charge in [0.25, 0.3) is 0 Å². The first-order chi connectivity index (χ1) is 9.54. The molecule has 1 atom stereocenters. The van der Waals surface area contributed by atoms with Crippen LogP contribution in [0, 0.1) is 5.82 Å². The molecule has 0 aliphatic carbocycles. The van der Waals surface area contributed by atoms with E-state index in [4.69, 9.17) is 0 Å². The maximum atomic E-state index is 13.1. The number of hydrogen-bond acceptors (Lipinski definition) is 2. The number of alkyl halides is 2. The Labute approximate surface area is 115 Å². The van der Waals surface area contributed by atoms with Crippen molar-refractivity contribution in [3.05, 3.63) is 59.9 Å². The average Bonchev–Trinajstić information content (AvgIpc) is 2.38. The second-order valence-corrected chi connectivity index (χ2v) is 4.33. The first kappa shape index (κ1) is 14.2. The summed E-state index contributed by atoms with van der Waals surface area (Å²) >= 11 is 0. The zero-order chi connectivity index (χ0) is 14.5. The van der Waals surface area contributed by atoms with Gasteiger partial charge in [0.05, 0.1) is 0 Å². The van der Waals surface area contributed by atoms with Crippen molar-refractivity contribution >= 4 is 5.69 Å². The third-order valence-electron chi connectivity index (χ3n) is 2.79. The van der Waals surface area contributed by atoms with Gasteiger partial charge in [-0.1, -0.05) is 18.2 Å². The Bertz CT molecular complexity index is 575. The molecule has 2 nitrogen and oxygen atoms in total. The molecule has 1 unspecified atom stereocenters. The summed E-state index contributed by atoms with van der Waals surface area (Å²) in [5.74, 6) is -0.234. The van der Waals surface area contributed by atoms with Gasteiger partial charge in [-0.3, -0.25) is 0 Å². The minimum Gasteiger partial charge on any atom is -0.435 e. The maximum absolute atomic E-state index is 13.1. The number of rotatable bonds is 5. The zero-order valence-electron chi connectivity index (χ0n) is 10.8. The predicted octanol–water partition coefficient (Wildman–Crippen LogP) is 4.60. The highest BCUT2D eigenvalue weighted by molar-refractivity contribution is 5.49. The van der Waals surface area contributed by atoms with Crippen molar-refractivity contribution in [2.24, 2.45) is 0 Å². The second kappa shape index (κ2) is 6.32. The van der Waals surface area contributed by atoms with Crippen LogP contribution >= 0.6 is 0 Å². The van der Waals surface area contributed by atoms with E-state index in [0.717, 1.165) is 5.56 Å². The minimum atomic E-state index is -2.86. The lowest BCUT2D eigenvalue weighted by atomic mass is 10.1. The lowest BCUT2D eigenvalue weighted by Crippen LogP contribution is -2.07. The van der Waals surface area contributed by atoms with Crippen LogP contribution in [0.2, 0.25) is 0 Å². The molecule has 2 aromatic carbocycles. The molecule has 2 rings (SSSR count). The Morgan fingerprint density at radius 1 is 1.05 bits per heavy atom. The molecule has 1 N–H and O–H groups in total. The Morgan fingerprint density at radius 3 is 2.50 bits per heavy atom. The summed E-state index contributed by atoms with van der Waals surface area (Å²) in [6, 6.07) is 12.3. The molecule has 0 aromatic heterocycles. The smallest absolute Gasteiger partial charge is 0.387 e. The molecule has 5 heteroatoms. The van der Waals surface area contributed by atoms with Crippen LogP contribution in [-0.4, -0.2) is 6.61 Å². The fourth-order valence-corrected chi connectivity index (χ4v) is 1.87. The van der Waals surface area contributed by atoms with Gasteiger partial charge in [0.15, 0.2) is 0 Å². The summed E-state index contributed by atoms with van der Waals surface area (Å²) in [5, 5.41) is 3.11. The largest absolute Gasteiger partial charge is 0.435 e. The van der Waals surface area contributed by atoms with Gasteiger partial charge >= 0.3 is 6.61 Å². The molecule has 0 aliphatic rings. The van der Waals surface area contributed by atoms with Gasteiger partial charge in [-0.25, -0.2) is 4.39 Å². The summed E-state index contributed by atoms with van der Waals surface area (Å²) in [6.07, 6.45) is 0. The van der Waals surface area contributed by atoms with Crippen LogP contribution in [0.15, 0.2) is 48.5 Å². The Morgan fingerprint density at radius 2 is 1.80 bits per heavy atom. The van der Waals surface area contributed by atoms with E-state index in [-0.39, 0.29) is 17.6 Å². The average molecular weight is 281 g/mol. The molecule has 106 valence electrons. The summed E-state index contributed by atoms with van der Waals surface area (Å²) < 4.78 is 41.8. The van der Waals surface area contributed by atoms with Crippen molar-refractivity contribution in [3.8, 4) is 5.75 Å². The SMILES string of the molecule is CC(Nc1cccc(OC(F)F)c1)c1cccc(F)c1. The van der Waals surface area contributed by atoms with Gasteiger partial charge in [-0.2, -0.15) is 8.78 Å². The summed E-state index contributed by atoms with van der Waals surface area (Å²) in [4.78, 5) is 0. The molecule has 0 saturated heterocycles. The van der Waals surface area contributed by atoms with Gasteiger partial charge in [0.2, 0.25) is 0 Å². The Kier molecular flexibility index (Phi) is 4.50. The van der Waals surface area contributed by atoms with Crippen LogP contribution in [0.5, 0.6) is 5.75 Å². The zero-order valence-corrected chi connectivity index (χ0v) is 10.8. The molecular weight excluding hydrogens is 267 g/mol. The molecule has 0 aliphatic heterocycles. The van der Waals surface area contributed by atoms with E-state index < -0.39 is 6.61 Å². The van der Waals surface area contributed by atoms with Crippen LogP contribution in [0.3, 0.4) is 0 Å². The summed E-state index contributed by atoms with van der Waals surface area (Å²) in [6.45, 7) is -0.999. The topological polar surface area (TPSA) is 21.3 Å². The summed E-state index contributed by atoms with van der Waals surface area (Å²) in [7, 11) is 0. The van der Waals surface area contributed by atoms with Crippen molar-refractivity contribution in [1.29, 1.82) is 0 Å². The molecule has 0 radical (unpaired) electrons. The first-order valence-corrected chi connectivity index (χ1v) is 6.11. The second-order valence-electron chi connectivity index (χ2n) is 4.33. The van der Waals surface area contributed by atoms with Crippen molar-refractivity contribution in [1.82, 2.24) is 0 Å². The van der Waals surface area contributed by atoms with Crippen molar-refractivity contribution in [2.75, 3.05) is 5.32 Å². The lowest BCUT2D eigenvalue weighted by Gasteiger charge is -2.16. The Hall–Kier alpha value is -2.17. The molecule has 0 spiro atoms. The maximum Gasteiger partial charge on any atom is 0.387 e. The number of ether oxygens (including phenoxy) is 1. The van der Waals surface area contributed by atoms with Gasteiger partial charge in [-0.15, -0.1) is 0 Å². The van der Waals surface area contributed by atoms with E-state index in [1.807, 2.05) is 6.92 Å². The monoisotopic (exact) mass is 281 g/mol. The fraction of sp³-hybridized carbons (Fsp3) is 0.200. The van der Waals surface area contributed by atoms with E-state index in [9.17, 15) is 13.2 Å². The highest BCUT2D eigenvalue weighted by Gasteiger charge is 2.08. The van der Waals surface area contributed by atoms with E-state index in [2.05, 4.69) is 10.1 Å². The van der Waals surface area contributed by atoms with E-state index >= 15 is 0 Å². The van der Waals surface area contributed by atoms with Crippen molar-refractivity contribution < 1.29 is 17.9 Å². The number of hydrogen-bond donors (Lipinski definition) is 1. The van der Waals surface area contributed by atoms with Crippen LogP contribution in [0.1, 0.15) is 18.5 Å². The first-order valence-electron chi connectivity index (χ1n) is 6.11. The van der Waals surface area contributed by atoms with E-state index in [1.54, 1.807) is 24.3 Å². The Balaban J connectivity index is 2.09. The fourth-order valence-electron chi connectivity index (χ4n) is 1.87.